The average molecular weight is 363 g/mol. The van der Waals surface area contributed by atoms with Crippen LogP contribution in [-0.2, 0) is 11.0 Å². The summed E-state index contributed by atoms with van der Waals surface area (Å²) in [6.07, 6.45) is 1.40. The summed E-state index contributed by atoms with van der Waals surface area (Å²) < 4.78 is 15.7. The Morgan fingerprint density at radius 3 is 3.10 bits per heavy atom. The highest BCUT2D eigenvalue weighted by atomic mass is 79.9. The smallest absolute Gasteiger partial charge is 0.407 e. The van der Waals surface area contributed by atoms with Gasteiger partial charge in [0.25, 0.3) is 0 Å². The van der Waals surface area contributed by atoms with Crippen LogP contribution in [0.4, 0.5) is 10.6 Å². The molecule has 2 rings (SSSR count). The van der Waals surface area contributed by atoms with Crippen molar-refractivity contribution in [2.24, 2.45) is 5.92 Å². The van der Waals surface area contributed by atoms with Crippen molar-refractivity contribution in [1.82, 2.24) is 14.6 Å². The lowest BCUT2D eigenvalue weighted by atomic mass is 10.1. The highest BCUT2D eigenvalue weighted by Crippen LogP contribution is 2.19. The Morgan fingerprint density at radius 1 is 1.70 bits per heavy atom. The van der Waals surface area contributed by atoms with Crippen LogP contribution in [0.15, 0.2) is 21.6 Å². The first-order valence-corrected chi connectivity index (χ1v) is 7.96. The molecule has 0 aliphatic carbocycles. The second-order valence-corrected chi connectivity index (χ2v) is 6.72. The summed E-state index contributed by atoms with van der Waals surface area (Å²) in [5.74, 6) is 0.383. The minimum atomic E-state index is -1.46. The summed E-state index contributed by atoms with van der Waals surface area (Å²) in [7, 11) is -1.46. The molecule has 2 heterocycles. The second kappa shape index (κ2) is 6.51. The number of nitrogens with zero attached hydrogens (tertiary/aromatic N) is 2. The molecule has 0 radical (unpaired) electrons. The minimum Gasteiger partial charge on any atom is -0.465 e. The highest BCUT2D eigenvalue weighted by Gasteiger charge is 2.26. The van der Waals surface area contributed by atoms with Crippen molar-refractivity contribution < 1.29 is 14.1 Å². The molecule has 1 unspecified atom stereocenters. The van der Waals surface area contributed by atoms with E-state index in [1.165, 1.54) is 11.1 Å². The minimum absolute atomic E-state index is 0.163. The predicted molar refractivity (Wildman–Crippen MR) is 78.5 cm³/mol. The first-order chi connectivity index (χ1) is 9.47. The van der Waals surface area contributed by atoms with Gasteiger partial charge in [-0.3, -0.25) is 0 Å². The Labute approximate surface area is 127 Å². The molecular weight excluding hydrogens is 348 g/mol. The number of nitrogens with two attached hydrogens (primary N) is 1. The normalized spacial score (nSPS) is 20.1. The van der Waals surface area contributed by atoms with Gasteiger partial charge in [-0.05, 0) is 34.3 Å². The molecule has 20 heavy (non-hydrogen) atoms. The summed E-state index contributed by atoms with van der Waals surface area (Å²) in [6.45, 7) is 1.46. The third-order valence-corrected chi connectivity index (χ3v) is 4.70. The van der Waals surface area contributed by atoms with Gasteiger partial charge in [0.2, 0.25) is 0 Å². The zero-order chi connectivity index (χ0) is 14.7. The van der Waals surface area contributed by atoms with Crippen LogP contribution in [0.3, 0.4) is 0 Å². The number of anilines is 1. The molecule has 1 aliphatic rings. The molecule has 7 nitrogen and oxygen atoms in total. The molecule has 0 aromatic carbocycles. The van der Waals surface area contributed by atoms with Crippen LogP contribution in [0.5, 0.6) is 0 Å². The van der Waals surface area contributed by atoms with Crippen molar-refractivity contribution in [3.8, 4) is 0 Å². The van der Waals surface area contributed by atoms with Crippen molar-refractivity contribution in [2.75, 3.05) is 25.4 Å². The number of carbonyl (C=O) groups is 1. The summed E-state index contributed by atoms with van der Waals surface area (Å²) >= 11 is 3.25. The fourth-order valence-electron chi connectivity index (χ4n) is 2.02. The second-order valence-electron chi connectivity index (χ2n) is 4.54. The van der Waals surface area contributed by atoms with Crippen molar-refractivity contribution >= 4 is 38.8 Å². The number of halogens is 1. The number of rotatable bonds is 4. The number of amides is 1. The van der Waals surface area contributed by atoms with Crippen LogP contribution in [0.25, 0.3) is 0 Å². The number of nitrogen functional groups attached to an aromatic ring is 1. The number of hydrogen-bond donors (Lipinski definition) is 3. The van der Waals surface area contributed by atoms with E-state index in [-0.39, 0.29) is 11.7 Å². The summed E-state index contributed by atoms with van der Waals surface area (Å²) in [5, 5.41) is 8.87. The number of aromatic nitrogens is 1. The van der Waals surface area contributed by atoms with Crippen molar-refractivity contribution in [3.05, 3.63) is 16.7 Å². The van der Waals surface area contributed by atoms with E-state index in [2.05, 4.69) is 25.6 Å². The van der Waals surface area contributed by atoms with Crippen LogP contribution in [0, 0.1) is 5.92 Å². The third-order valence-electron chi connectivity index (χ3n) is 3.11. The van der Waals surface area contributed by atoms with E-state index in [9.17, 15) is 9.00 Å². The number of pyridine rings is 1. The maximum atomic E-state index is 12.1. The number of likely N-dealkylation sites (tertiary alicyclic amines) is 1. The number of hydrogen-bond acceptors (Lipinski definition) is 4. The molecular formula is C11H15BrN4O3S. The molecule has 1 aromatic heterocycles. The fraction of sp³-hybridized carbons (Fsp3) is 0.455. The van der Waals surface area contributed by atoms with Gasteiger partial charge < -0.3 is 15.7 Å². The molecule has 1 amide bonds. The Morgan fingerprint density at radius 2 is 2.45 bits per heavy atom. The quantitative estimate of drug-likeness (QED) is 0.741. The summed E-state index contributed by atoms with van der Waals surface area (Å²) in [5.41, 5.74) is 5.68. The van der Waals surface area contributed by atoms with Crippen LogP contribution >= 0.6 is 15.9 Å². The van der Waals surface area contributed by atoms with Crippen LogP contribution in [0.2, 0.25) is 0 Å². The van der Waals surface area contributed by atoms with Gasteiger partial charge in [-0.15, -0.1) is 0 Å². The van der Waals surface area contributed by atoms with E-state index < -0.39 is 17.1 Å². The number of carboxylic acid groups (broad SMARTS) is 1. The molecule has 0 spiro atoms. The van der Waals surface area contributed by atoms with Crippen molar-refractivity contribution in [2.45, 2.75) is 11.3 Å². The topological polar surface area (TPSA) is 109 Å². The van der Waals surface area contributed by atoms with E-state index in [0.717, 1.165) is 6.42 Å². The molecule has 9 heteroatoms. The molecule has 0 bridgehead atoms. The van der Waals surface area contributed by atoms with E-state index in [1.54, 1.807) is 6.07 Å². The molecule has 1 aliphatic heterocycles. The molecule has 0 saturated carbocycles. The monoisotopic (exact) mass is 362 g/mol. The zero-order valence-corrected chi connectivity index (χ0v) is 13.0. The van der Waals surface area contributed by atoms with Gasteiger partial charge in [0.1, 0.15) is 16.8 Å². The molecule has 110 valence electrons. The molecule has 4 N–H and O–H groups in total. The van der Waals surface area contributed by atoms with Crippen LogP contribution in [-0.4, -0.2) is 44.9 Å². The van der Waals surface area contributed by atoms with E-state index in [1.807, 2.05) is 0 Å². The van der Waals surface area contributed by atoms with Gasteiger partial charge >= 0.3 is 6.09 Å². The highest BCUT2D eigenvalue weighted by molar-refractivity contribution is 9.10. The number of nitrogens with one attached hydrogen (secondary N) is 1. The first kappa shape index (κ1) is 15.2. The average Bonchev–Trinajstić information content (AvgIpc) is 2.88. The standard InChI is InChI=1S/C11H15BrN4O3S/c12-8-3-9(10(13)14-5-8)20(19)15-4-7-1-2-16(6-7)11(17)18/h3,5,7,15H,1-2,4,6H2,(H2,13,14)(H,17,18)/t7-,20?/m1/s1. The lowest BCUT2D eigenvalue weighted by molar-refractivity contribution is 0.154. The van der Waals surface area contributed by atoms with Gasteiger partial charge in [-0.1, -0.05) is 0 Å². The molecule has 2 atom stereocenters. The maximum absolute atomic E-state index is 12.1. The Hall–Kier alpha value is -1.19. The maximum Gasteiger partial charge on any atom is 0.407 e. The molecule has 1 fully saturated rings. The third kappa shape index (κ3) is 3.68. The molecule has 1 aromatic rings. The zero-order valence-electron chi connectivity index (χ0n) is 10.6. The van der Waals surface area contributed by atoms with Gasteiger partial charge in [-0.2, -0.15) is 0 Å². The molecule has 1 saturated heterocycles. The van der Waals surface area contributed by atoms with E-state index >= 15 is 0 Å². The van der Waals surface area contributed by atoms with E-state index in [0.29, 0.717) is 29.0 Å². The first-order valence-electron chi connectivity index (χ1n) is 6.01. The van der Waals surface area contributed by atoms with Gasteiger partial charge in [0, 0.05) is 30.3 Å². The summed E-state index contributed by atoms with van der Waals surface area (Å²) in [4.78, 5) is 16.5. The van der Waals surface area contributed by atoms with Crippen molar-refractivity contribution in [3.63, 3.8) is 0 Å². The Kier molecular flexibility index (Phi) is 4.95. The predicted octanol–water partition coefficient (Wildman–Crippen LogP) is 1.04. The summed E-state index contributed by atoms with van der Waals surface area (Å²) in [6, 6.07) is 1.66. The fourth-order valence-corrected chi connectivity index (χ4v) is 3.53. The Balaban J connectivity index is 1.90. The van der Waals surface area contributed by atoms with Gasteiger partial charge in [0.05, 0.1) is 4.90 Å². The lowest BCUT2D eigenvalue weighted by Crippen LogP contribution is -2.30. The van der Waals surface area contributed by atoms with E-state index in [4.69, 9.17) is 10.8 Å². The van der Waals surface area contributed by atoms with Gasteiger partial charge in [0.15, 0.2) is 0 Å². The SMILES string of the molecule is Nc1ncc(Br)cc1S(=O)NC[C@H]1CCN(C(=O)O)C1. The Bertz CT molecular complexity index is 542. The lowest BCUT2D eigenvalue weighted by Gasteiger charge is -2.13. The largest absolute Gasteiger partial charge is 0.465 e. The van der Waals surface area contributed by atoms with Crippen LogP contribution < -0.4 is 10.5 Å². The van der Waals surface area contributed by atoms with Crippen LogP contribution in [0.1, 0.15) is 6.42 Å². The van der Waals surface area contributed by atoms with Crippen molar-refractivity contribution in [1.29, 1.82) is 0 Å². The van der Waals surface area contributed by atoms with Gasteiger partial charge in [-0.25, -0.2) is 18.7 Å².